The lowest BCUT2D eigenvalue weighted by atomic mass is 10.00. The van der Waals surface area contributed by atoms with Crippen molar-refractivity contribution in [3.63, 3.8) is 0 Å². The van der Waals surface area contributed by atoms with Crippen LogP contribution in [0.4, 0.5) is 0 Å². The van der Waals surface area contributed by atoms with Crippen molar-refractivity contribution in [3.05, 3.63) is 0 Å². The minimum Gasteiger partial charge on any atom is -0.389 e. The highest BCUT2D eigenvalue weighted by atomic mass is 16.3. The minimum absolute atomic E-state index is 0.445. The van der Waals surface area contributed by atoms with Crippen molar-refractivity contribution in [2.75, 3.05) is 13.1 Å². The molecule has 0 radical (unpaired) electrons. The van der Waals surface area contributed by atoms with Crippen molar-refractivity contribution in [2.24, 2.45) is 0 Å². The number of aliphatic hydroxyl groups is 1. The van der Waals surface area contributed by atoms with Gasteiger partial charge in [-0.25, -0.2) is 0 Å². The zero-order valence-electron chi connectivity index (χ0n) is 8.67. The summed E-state index contributed by atoms with van der Waals surface area (Å²) in [5, 5.41) is 18.9. The third-order valence-electron chi connectivity index (χ3n) is 3.05. The molecule has 0 aromatic heterocycles. The number of nitriles is 1. The Balaban J connectivity index is 2.66. The van der Waals surface area contributed by atoms with Gasteiger partial charge in [-0.3, -0.25) is 4.90 Å². The summed E-state index contributed by atoms with van der Waals surface area (Å²) in [6, 6.07) is 2.26. The average molecular weight is 182 g/mol. The lowest BCUT2D eigenvalue weighted by Crippen LogP contribution is -2.43. The van der Waals surface area contributed by atoms with Gasteiger partial charge in [0.05, 0.1) is 11.7 Å². The molecule has 1 rings (SSSR count). The van der Waals surface area contributed by atoms with Crippen LogP contribution < -0.4 is 0 Å². The zero-order chi connectivity index (χ0) is 10.1. The monoisotopic (exact) mass is 182 g/mol. The van der Waals surface area contributed by atoms with E-state index in [1.165, 1.54) is 0 Å². The molecule has 74 valence electrons. The van der Waals surface area contributed by atoms with E-state index in [0.29, 0.717) is 6.54 Å². The summed E-state index contributed by atoms with van der Waals surface area (Å²) in [7, 11) is 0. The van der Waals surface area contributed by atoms with Crippen LogP contribution in [0, 0.1) is 11.3 Å². The molecule has 1 aliphatic heterocycles. The van der Waals surface area contributed by atoms with Crippen LogP contribution in [0.5, 0.6) is 0 Å². The topological polar surface area (TPSA) is 47.3 Å². The van der Waals surface area contributed by atoms with E-state index in [4.69, 9.17) is 5.26 Å². The Morgan fingerprint density at radius 2 is 2.23 bits per heavy atom. The van der Waals surface area contributed by atoms with Gasteiger partial charge in [-0.1, -0.05) is 6.92 Å². The Labute approximate surface area is 80.0 Å². The van der Waals surface area contributed by atoms with Gasteiger partial charge in [0.25, 0.3) is 0 Å². The van der Waals surface area contributed by atoms with Gasteiger partial charge < -0.3 is 5.11 Å². The molecule has 0 aromatic carbocycles. The number of hydrogen-bond acceptors (Lipinski definition) is 3. The van der Waals surface area contributed by atoms with E-state index in [1.807, 2.05) is 20.8 Å². The largest absolute Gasteiger partial charge is 0.389 e. The first-order chi connectivity index (χ1) is 5.93. The van der Waals surface area contributed by atoms with Crippen LogP contribution in [0.25, 0.3) is 0 Å². The molecule has 13 heavy (non-hydrogen) atoms. The van der Waals surface area contributed by atoms with Gasteiger partial charge in [0.1, 0.15) is 5.54 Å². The summed E-state index contributed by atoms with van der Waals surface area (Å²) in [5.41, 5.74) is -1.01. The number of nitrogens with zero attached hydrogens (tertiary/aromatic N) is 2. The van der Waals surface area contributed by atoms with E-state index in [0.717, 1.165) is 19.4 Å². The Morgan fingerprint density at radius 3 is 2.62 bits per heavy atom. The molecule has 0 amide bonds. The molecule has 1 aliphatic rings. The zero-order valence-corrected chi connectivity index (χ0v) is 8.67. The summed E-state index contributed by atoms with van der Waals surface area (Å²) >= 11 is 0. The van der Waals surface area contributed by atoms with E-state index < -0.39 is 11.1 Å². The van der Waals surface area contributed by atoms with Gasteiger partial charge in [-0.05, 0) is 26.7 Å². The van der Waals surface area contributed by atoms with Crippen molar-refractivity contribution in [3.8, 4) is 6.07 Å². The molecule has 1 heterocycles. The van der Waals surface area contributed by atoms with Crippen LogP contribution >= 0.6 is 0 Å². The molecule has 3 heteroatoms. The maximum atomic E-state index is 9.98. The number of rotatable bonds is 2. The maximum absolute atomic E-state index is 9.98. The second kappa shape index (κ2) is 3.28. The third kappa shape index (κ3) is 2.01. The molecular formula is C10H18N2O. The lowest BCUT2D eigenvalue weighted by Gasteiger charge is -2.30. The van der Waals surface area contributed by atoms with E-state index in [9.17, 15) is 5.11 Å². The SMILES string of the molecule is CCC1(O)CCN(C(C)(C)C#N)C1. The number of hydrogen-bond donors (Lipinski definition) is 1. The van der Waals surface area contributed by atoms with Crippen LogP contribution in [0.1, 0.15) is 33.6 Å². The molecule has 1 unspecified atom stereocenters. The van der Waals surface area contributed by atoms with Crippen LogP contribution in [0.15, 0.2) is 0 Å². The van der Waals surface area contributed by atoms with E-state index in [-0.39, 0.29) is 0 Å². The van der Waals surface area contributed by atoms with Crippen molar-refractivity contribution in [1.82, 2.24) is 4.90 Å². The Kier molecular flexibility index (Phi) is 2.65. The molecule has 1 N–H and O–H groups in total. The highest BCUT2D eigenvalue weighted by Gasteiger charge is 2.40. The summed E-state index contributed by atoms with van der Waals surface area (Å²) < 4.78 is 0. The molecule has 0 aliphatic carbocycles. The van der Waals surface area contributed by atoms with Crippen LogP contribution in [0.2, 0.25) is 0 Å². The fourth-order valence-corrected chi connectivity index (χ4v) is 1.69. The normalized spacial score (nSPS) is 30.4. The summed E-state index contributed by atoms with van der Waals surface area (Å²) in [6.45, 7) is 7.24. The first-order valence-electron chi connectivity index (χ1n) is 4.82. The van der Waals surface area contributed by atoms with Crippen LogP contribution in [-0.2, 0) is 0 Å². The fourth-order valence-electron chi connectivity index (χ4n) is 1.69. The lowest BCUT2D eigenvalue weighted by molar-refractivity contribution is 0.0367. The molecule has 3 nitrogen and oxygen atoms in total. The Morgan fingerprint density at radius 1 is 1.62 bits per heavy atom. The number of β-amino-alcohol motifs (C(OH)–C–C–N with tert-alkyl or cyclic N) is 1. The smallest absolute Gasteiger partial charge is 0.103 e. The van der Waals surface area contributed by atoms with E-state index >= 15 is 0 Å². The standard InChI is InChI=1S/C10H18N2O/c1-4-10(13)5-6-12(8-10)9(2,3)7-11/h13H,4-6,8H2,1-3H3. The Hall–Kier alpha value is -0.590. The predicted octanol–water partition coefficient (Wildman–Crippen LogP) is 1.14. The molecule has 1 fully saturated rings. The first kappa shape index (κ1) is 10.5. The van der Waals surface area contributed by atoms with Gasteiger partial charge in [-0.15, -0.1) is 0 Å². The van der Waals surface area contributed by atoms with Gasteiger partial charge in [0.2, 0.25) is 0 Å². The van der Waals surface area contributed by atoms with Gasteiger partial charge in [-0.2, -0.15) is 5.26 Å². The summed E-state index contributed by atoms with van der Waals surface area (Å²) in [4.78, 5) is 2.05. The fraction of sp³-hybridized carbons (Fsp3) is 0.900. The van der Waals surface area contributed by atoms with E-state index in [1.54, 1.807) is 0 Å². The molecule has 1 saturated heterocycles. The summed E-state index contributed by atoms with van der Waals surface area (Å²) in [6.07, 6.45) is 1.56. The van der Waals surface area contributed by atoms with Crippen LogP contribution in [0.3, 0.4) is 0 Å². The van der Waals surface area contributed by atoms with E-state index in [2.05, 4.69) is 11.0 Å². The second-order valence-corrected chi connectivity index (χ2v) is 4.42. The highest BCUT2D eigenvalue weighted by Crippen LogP contribution is 2.29. The quantitative estimate of drug-likeness (QED) is 0.696. The third-order valence-corrected chi connectivity index (χ3v) is 3.05. The van der Waals surface area contributed by atoms with Gasteiger partial charge in [0.15, 0.2) is 0 Å². The maximum Gasteiger partial charge on any atom is 0.103 e. The van der Waals surface area contributed by atoms with Crippen molar-refractivity contribution < 1.29 is 5.11 Å². The van der Waals surface area contributed by atoms with Gasteiger partial charge >= 0.3 is 0 Å². The minimum atomic E-state index is -0.561. The molecular weight excluding hydrogens is 164 g/mol. The van der Waals surface area contributed by atoms with Crippen LogP contribution in [-0.4, -0.2) is 34.2 Å². The van der Waals surface area contributed by atoms with Crippen molar-refractivity contribution in [2.45, 2.75) is 44.8 Å². The molecule has 1 atom stereocenters. The Bertz CT molecular complexity index is 232. The highest BCUT2D eigenvalue weighted by molar-refractivity contribution is 5.06. The first-order valence-corrected chi connectivity index (χ1v) is 4.82. The predicted molar refractivity (Wildman–Crippen MR) is 51.1 cm³/mol. The molecule has 0 saturated carbocycles. The average Bonchev–Trinajstić information content (AvgIpc) is 2.50. The number of likely N-dealkylation sites (tertiary alicyclic amines) is 1. The van der Waals surface area contributed by atoms with Crippen molar-refractivity contribution >= 4 is 0 Å². The summed E-state index contributed by atoms with van der Waals surface area (Å²) in [5.74, 6) is 0. The second-order valence-electron chi connectivity index (χ2n) is 4.42. The van der Waals surface area contributed by atoms with Gasteiger partial charge in [0, 0.05) is 13.1 Å². The van der Waals surface area contributed by atoms with Crippen molar-refractivity contribution in [1.29, 1.82) is 5.26 Å². The molecule has 0 spiro atoms. The molecule has 0 aromatic rings. The molecule has 0 bridgehead atoms.